The van der Waals surface area contributed by atoms with Gasteiger partial charge in [0.1, 0.15) is 5.82 Å². The second-order valence-electron chi connectivity index (χ2n) is 4.98. The van der Waals surface area contributed by atoms with Crippen molar-refractivity contribution in [1.29, 1.82) is 0 Å². The van der Waals surface area contributed by atoms with Gasteiger partial charge in [0.15, 0.2) is 11.7 Å². The van der Waals surface area contributed by atoms with E-state index in [1.54, 1.807) is 18.3 Å². The van der Waals surface area contributed by atoms with E-state index in [0.717, 1.165) is 24.4 Å². The minimum absolute atomic E-state index is 0.241. The van der Waals surface area contributed by atoms with Crippen molar-refractivity contribution in [3.05, 3.63) is 42.2 Å². The molecular weight excluding hydrogens is 243 g/mol. The van der Waals surface area contributed by atoms with Crippen molar-refractivity contribution < 1.29 is 8.81 Å². The lowest BCUT2D eigenvalue weighted by atomic mass is 10.0. The summed E-state index contributed by atoms with van der Waals surface area (Å²) >= 11 is 0. The Labute approximate surface area is 111 Å². The van der Waals surface area contributed by atoms with Crippen LogP contribution in [-0.4, -0.2) is 17.6 Å². The molecule has 19 heavy (non-hydrogen) atoms. The van der Waals surface area contributed by atoms with E-state index >= 15 is 0 Å². The van der Waals surface area contributed by atoms with Crippen molar-refractivity contribution in [2.75, 3.05) is 6.54 Å². The van der Waals surface area contributed by atoms with E-state index in [0.29, 0.717) is 11.8 Å². The number of benzene rings is 1. The second kappa shape index (κ2) is 5.53. The molecule has 0 bridgehead atoms. The predicted octanol–water partition coefficient (Wildman–Crippen LogP) is 3.17. The second-order valence-corrected chi connectivity index (χ2v) is 4.98. The van der Waals surface area contributed by atoms with Gasteiger partial charge in [-0.05, 0) is 43.7 Å². The Hall–Kier alpha value is -1.68. The third kappa shape index (κ3) is 3.01. The molecule has 3 rings (SSSR count). The van der Waals surface area contributed by atoms with Gasteiger partial charge in [-0.15, -0.1) is 0 Å². The van der Waals surface area contributed by atoms with Crippen molar-refractivity contribution in [1.82, 2.24) is 10.3 Å². The topological polar surface area (TPSA) is 38.1 Å². The fourth-order valence-electron chi connectivity index (χ4n) is 2.46. The molecule has 1 fully saturated rings. The molecule has 1 aliphatic rings. The number of halogens is 1. The highest BCUT2D eigenvalue weighted by atomic mass is 19.1. The molecule has 1 aromatic heterocycles. The first kappa shape index (κ1) is 12.4. The van der Waals surface area contributed by atoms with Crippen LogP contribution in [0.2, 0.25) is 0 Å². The number of oxazole rings is 1. The quantitative estimate of drug-likeness (QED) is 0.921. The van der Waals surface area contributed by atoms with Crippen molar-refractivity contribution in [2.45, 2.75) is 31.7 Å². The van der Waals surface area contributed by atoms with Gasteiger partial charge < -0.3 is 9.73 Å². The maximum atomic E-state index is 12.9. The van der Waals surface area contributed by atoms with Crippen LogP contribution < -0.4 is 5.32 Å². The Balaban J connectivity index is 1.70. The predicted molar refractivity (Wildman–Crippen MR) is 71.2 cm³/mol. The first-order chi connectivity index (χ1) is 9.31. The van der Waals surface area contributed by atoms with Crippen LogP contribution in [0.5, 0.6) is 0 Å². The SMILES string of the molecule is Fc1ccc(-c2cnc(CC3CCCCN3)o2)cc1. The number of nitrogens with zero attached hydrogens (tertiary/aromatic N) is 1. The van der Waals surface area contributed by atoms with Gasteiger partial charge in [0.25, 0.3) is 0 Å². The van der Waals surface area contributed by atoms with Gasteiger partial charge in [-0.2, -0.15) is 0 Å². The van der Waals surface area contributed by atoms with Crippen molar-refractivity contribution in [2.24, 2.45) is 0 Å². The van der Waals surface area contributed by atoms with Crippen molar-refractivity contribution in [3.8, 4) is 11.3 Å². The van der Waals surface area contributed by atoms with E-state index < -0.39 is 0 Å². The molecule has 0 saturated carbocycles. The van der Waals surface area contributed by atoms with Crippen LogP contribution in [0.1, 0.15) is 25.2 Å². The van der Waals surface area contributed by atoms with Crippen LogP contribution in [0.4, 0.5) is 4.39 Å². The van der Waals surface area contributed by atoms with Gasteiger partial charge in [-0.1, -0.05) is 6.42 Å². The molecule has 1 atom stereocenters. The first-order valence-electron chi connectivity index (χ1n) is 6.75. The molecule has 1 unspecified atom stereocenters. The Morgan fingerprint density at radius 1 is 1.26 bits per heavy atom. The third-order valence-corrected chi connectivity index (χ3v) is 3.52. The summed E-state index contributed by atoms with van der Waals surface area (Å²) in [5.41, 5.74) is 0.858. The summed E-state index contributed by atoms with van der Waals surface area (Å²) in [6.45, 7) is 1.08. The smallest absolute Gasteiger partial charge is 0.196 e. The number of hydrogen-bond acceptors (Lipinski definition) is 3. The minimum atomic E-state index is -0.241. The molecule has 2 heterocycles. The number of rotatable bonds is 3. The fraction of sp³-hybridized carbons (Fsp3) is 0.400. The van der Waals surface area contributed by atoms with Crippen LogP contribution in [0.15, 0.2) is 34.9 Å². The molecule has 4 heteroatoms. The zero-order chi connectivity index (χ0) is 13.1. The number of aromatic nitrogens is 1. The lowest BCUT2D eigenvalue weighted by Crippen LogP contribution is -2.35. The van der Waals surface area contributed by atoms with Gasteiger partial charge in [0.2, 0.25) is 0 Å². The van der Waals surface area contributed by atoms with Crippen molar-refractivity contribution in [3.63, 3.8) is 0 Å². The fourth-order valence-corrected chi connectivity index (χ4v) is 2.46. The molecule has 100 valence electrons. The summed E-state index contributed by atoms with van der Waals surface area (Å²) in [6.07, 6.45) is 6.23. The summed E-state index contributed by atoms with van der Waals surface area (Å²) in [4.78, 5) is 4.31. The zero-order valence-corrected chi connectivity index (χ0v) is 10.7. The number of piperidine rings is 1. The van der Waals surface area contributed by atoms with E-state index in [9.17, 15) is 4.39 Å². The maximum Gasteiger partial charge on any atom is 0.196 e. The van der Waals surface area contributed by atoms with Gasteiger partial charge in [-0.25, -0.2) is 9.37 Å². The van der Waals surface area contributed by atoms with Gasteiger partial charge >= 0.3 is 0 Å². The van der Waals surface area contributed by atoms with Gasteiger partial charge in [0.05, 0.1) is 6.20 Å². The third-order valence-electron chi connectivity index (χ3n) is 3.52. The Morgan fingerprint density at radius 3 is 2.84 bits per heavy atom. The Bertz CT molecular complexity index is 529. The molecular formula is C15H17FN2O. The zero-order valence-electron chi connectivity index (χ0n) is 10.7. The molecule has 3 nitrogen and oxygen atoms in total. The highest BCUT2D eigenvalue weighted by Crippen LogP contribution is 2.22. The van der Waals surface area contributed by atoms with Gasteiger partial charge in [0, 0.05) is 18.0 Å². The summed E-state index contributed by atoms with van der Waals surface area (Å²) in [7, 11) is 0. The molecule has 0 spiro atoms. The monoisotopic (exact) mass is 260 g/mol. The lowest BCUT2D eigenvalue weighted by molar-refractivity contribution is 0.369. The van der Waals surface area contributed by atoms with E-state index in [1.807, 2.05) is 0 Å². The Morgan fingerprint density at radius 2 is 2.11 bits per heavy atom. The summed E-state index contributed by atoms with van der Waals surface area (Å²) < 4.78 is 18.6. The molecule has 2 aromatic rings. The molecule has 1 N–H and O–H groups in total. The molecule has 1 saturated heterocycles. The minimum Gasteiger partial charge on any atom is -0.441 e. The first-order valence-corrected chi connectivity index (χ1v) is 6.75. The van der Waals surface area contributed by atoms with E-state index in [2.05, 4.69) is 10.3 Å². The molecule has 0 amide bonds. The van der Waals surface area contributed by atoms with E-state index in [4.69, 9.17) is 4.42 Å². The normalized spacial score (nSPS) is 19.5. The van der Waals surface area contributed by atoms with E-state index in [-0.39, 0.29) is 5.82 Å². The van der Waals surface area contributed by atoms with E-state index in [1.165, 1.54) is 31.4 Å². The Kier molecular flexibility index (Phi) is 3.60. The van der Waals surface area contributed by atoms with Crippen molar-refractivity contribution >= 4 is 0 Å². The van der Waals surface area contributed by atoms with Crippen LogP contribution in [0.25, 0.3) is 11.3 Å². The summed E-state index contributed by atoms with van der Waals surface area (Å²) in [5.74, 6) is 1.21. The highest BCUT2D eigenvalue weighted by Gasteiger charge is 2.16. The van der Waals surface area contributed by atoms with Crippen LogP contribution in [0, 0.1) is 5.82 Å². The molecule has 0 aliphatic carbocycles. The standard InChI is InChI=1S/C15H17FN2O/c16-12-6-4-11(5-7-12)14-10-18-15(19-14)9-13-3-1-2-8-17-13/h4-7,10,13,17H,1-3,8-9H2. The number of hydrogen-bond donors (Lipinski definition) is 1. The molecule has 0 radical (unpaired) electrons. The average Bonchev–Trinajstić information content (AvgIpc) is 2.89. The summed E-state index contributed by atoms with van der Waals surface area (Å²) in [5, 5.41) is 3.47. The van der Waals surface area contributed by atoms with Crippen LogP contribution >= 0.6 is 0 Å². The summed E-state index contributed by atoms with van der Waals surface area (Å²) in [6, 6.07) is 6.74. The largest absolute Gasteiger partial charge is 0.441 e. The van der Waals surface area contributed by atoms with Crippen LogP contribution in [-0.2, 0) is 6.42 Å². The number of nitrogens with one attached hydrogen (secondary N) is 1. The molecule has 1 aliphatic heterocycles. The maximum absolute atomic E-state index is 12.9. The average molecular weight is 260 g/mol. The highest BCUT2D eigenvalue weighted by molar-refractivity contribution is 5.55. The van der Waals surface area contributed by atoms with Crippen LogP contribution in [0.3, 0.4) is 0 Å². The molecule has 1 aromatic carbocycles. The lowest BCUT2D eigenvalue weighted by Gasteiger charge is -2.21. The van der Waals surface area contributed by atoms with Gasteiger partial charge in [-0.3, -0.25) is 0 Å².